The maximum atomic E-state index is 13.4. The molecular formula is C13H13BrF2N2O2. The molecule has 0 aliphatic heterocycles. The van der Waals surface area contributed by atoms with Crippen LogP contribution in [0.4, 0.5) is 8.78 Å². The summed E-state index contributed by atoms with van der Waals surface area (Å²) in [6, 6.07) is 1.98. The number of halogens is 3. The average molecular weight is 347 g/mol. The van der Waals surface area contributed by atoms with E-state index in [0.717, 1.165) is 6.07 Å². The third-order valence-electron chi connectivity index (χ3n) is 2.47. The highest BCUT2D eigenvalue weighted by Crippen LogP contribution is 2.12. The van der Waals surface area contributed by atoms with Crippen LogP contribution in [0.25, 0.3) is 0 Å². The van der Waals surface area contributed by atoms with Gasteiger partial charge in [-0.1, -0.05) is 28.6 Å². The van der Waals surface area contributed by atoms with Gasteiger partial charge in [0.1, 0.15) is 17.7 Å². The number of hydrogen-bond donors (Lipinski definition) is 2. The van der Waals surface area contributed by atoms with Crippen molar-refractivity contribution in [3.63, 3.8) is 0 Å². The highest BCUT2D eigenvalue weighted by Gasteiger charge is 2.19. The van der Waals surface area contributed by atoms with E-state index in [-0.39, 0.29) is 18.4 Å². The maximum absolute atomic E-state index is 13.4. The predicted molar refractivity (Wildman–Crippen MR) is 73.9 cm³/mol. The zero-order valence-electron chi connectivity index (χ0n) is 10.5. The molecule has 1 rings (SSSR count). The number of primary amides is 1. The Bertz CT molecular complexity index is 549. The smallest absolute Gasteiger partial charge is 0.240 e. The second-order valence-electron chi connectivity index (χ2n) is 4.16. The highest BCUT2D eigenvalue weighted by atomic mass is 79.9. The zero-order chi connectivity index (χ0) is 15.3. The molecule has 0 fully saturated rings. The lowest BCUT2D eigenvalue weighted by Gasteiger charge is -2.15. The summed E-state index contributed by atoms with van der Waals surface area (Å²) in [6.07, 6.45) is -0.183. The van der Waals surface area contributed by atoms with E-state index in [1.54, 1.807) is 0 Å². The van der Waals surface area contributed by atoms with Crippen LogP contribution < -0.4 is 11.1 Å². The van der Waals surface area contributed by atoms with E-state index in [0.29, 0.717) is 10.5 Å². The summed E-state index contributed by atoms with van der Waals surface area (Å²) in [5.74, 6) is -2.86. The monoisotopic (exact) mass is 346 g/mol. The van der Waals surface area contributed by atoms with Crippen LogP contribution >= 0.6 is 15.9 Å². The minimum Gasteiger partial charge on any atom is -0.368 e. The van der Waals surface area contributed by atoms with E-state index in [4.69, 9.17) is 5.73 Å². The van der Waals surface area contributed by atoms with Gasteiger partial charge in [0.25, 0.3) is 0 Å². The number of nitrogens with one attached hydrogen (secondary N) is 1. The molecule has 0 bridgehead atoms. The summed E-state index contributed by atoms with van der Waals surface area (Å²) < 4.78 is 26.6. The molecule has 0 aliphatic rings. The minimum absolute atomic E-state index is 0.0322. The van der Waals surface area contributed by atoms with Crippen molar-refractivity contribution in [2.24, 2.45) is 5.73 Å². The Balaban J connectivity index is 2.70. The van der Waals surface area contributed by atoms with Gasteiger partial charge < -0.3 is 11.1 Å². The lowest BCUT2D eigenvalue weighted by molar-refractivity contribution is -0.126. The van der Waals surface area contributed by atoms with E-state index in [9.17, 15) is 18.4 Å². The number of benzene rings is 1. The van der Waals surface area contributed by atoms with Gasteiger partial charge in [-0.15, -0.1) is 0 Å². The Kier molecular flexibility index (Phi) is 5.82. The van der Waals surface area contributed by atoms with Crippen molar-refractivity contribution < 1.29 is 18.4 Å². The molecule has 2 amide bonds. The normalized spacial score (nSPS) is 11.8. The van der Waals surface area contributed by atoms with Crippen molar-refractivity contribution in [2.45, 2.75) is 18.9 Å². The quantitative estimate of drug-likeness (QED) is 0.823. The Morgan fingerprint density at radius 3 is 2.55 bits per heavy atom. The highest BCUT2D eigenvalue weighted by molar-refractivity contribution is 9.11. The second-order valence-corrected chi connectivity index (χ2v) is 5.28. The second kappa shape index (κ2) is 7.14. The van der Waals surface area contributed by atoms with Gasteiger partial charge in [0.05, 0.1) is 6.42 Å². The SMILES string of the molecule is C=C(Br)C[C@@H](NC(=O)Cc1ccc(F)cc1F)C(N)=O. The van der Waals surface area contributed by atoms with E-state index in [1.807, 2.05) is 0 Å². The molecule has 7 heteroatoms. The van der Waals surface area contributed by atoms with Gasteiger partial charge in [-0.3, -0.25) is 9.59 Å². The van der Waals surface area contributed by atoms with Crippen molar-refractivity contribution in [2.75, 3.05) is 0 Å². The first kappa shape index (κ1) is 16.3. The number of carbonyl (C=O) groups is 2. The van der Waals surface area contributed by atoms with Gasteiger partial charge in [-0.25, -0.2) is 8.78 Å². The average Bonchev–Trinajstić information content (AvgIpc) is 2.31. The fourth-order valence-electron chi connectivity index (χ4n) is 1.53. The third-order valence-corrected chi connectivity index (χ3v) is 2.79. The van der Waals surface area contributed by atoms with Crippen LogP contribution in [0.15, 0.2) is 29.3 Å². The van der Waals surface area contributed by atoms with Crippen molar-refractivity contribution >= 4 is 27.7 Å². The Morgan fingerprint density at radius 2 is 2.05 bits per heavy atom. The fraction of sp³-hybridized carbons (Fsp3) is 0.231. The van der Waals surface area contributed by atoms with Crippen LogP contribution in [0.1, 0.15) is 12.0 Å². The fourth-order valence-corrected chi connectivity index (χ4v) is 1.85. The number of hydrogen-bond acceptors (Lipinski definition) is 2. The molecule has 3 N–H and O–H groups in total. The van der Waals surface area contributed by atoms with Gasteiger partial charge in [-0.2, -0.15) is 0 Å². The third kappa shape index (κ3) is 5.08. The van der Waals surface area contributed by atoms with Crippen molar-refractivity contribution in [3.8, 4) is 0 Å². The summed E-state index contributed by atoms with van der Waals surface area (Å²) in [4.78, 5) is 22.9. The molecule has 20 heavy (non-hydrogen) atoms. The van der Waals surface area contributed by atoms with Crippen LogP contribution in [0.2, 0.25) is 0 Å². The Labute approximate surface area is 123 Å². The first-order valence-corrected chi connectivity index (χ1v) is 6.44. The zero-order valence-corrected chi connectivity index (χ0v) is 12.0. The van der Waals surface area contributed by atoms with Gasteiger partial charge in [-0.05, 0) is 16.1 Å². The molecule has 108 valence electrons. The molecule has 0 heterocycles. The molecule has 0 saturated carbocycles. The number of carbonyl (C=O) groups excluding carboxylic acids is 2. The van der Waals surface area contributed by atoms with Gasteiger partial charge >= 0.3 is 0 Å². The number of nitrogens with two attached hydrogens (primary N) is 1. The predicted octanol–water partition coefficient (Wildman–Crippen LogP) is 1.78. The summed E-state index contributed by atoms with van der Waals surface area (Å²) in [6.45, 7) is 3.55. The minimum atomic E-state index is -0.933. The topological polar surface area (TPSA) is 72.2 Å². The standard InChI is InChI=1S/C13H13BrF2N2O2/c1-7(14)4-11(13(17)20)18-12(19)5-8-2-3-9(15)6-10(8)16/h2-3,6,11H,1,4-5H2,(H2,17,20)(H,18,19)/t11-/m1/s1. The van der Waals surface area contributed by atoms with Gasteiger partial charge in [0.2, 0.25) is 11.8 Å². The molecule has 0 aromatic heterocycles. The van der Waals surface area contributed by atoms with E-state index >= 15 is 0 Å². The summed E-state index contributed by atoms with van der Waals surface area (Å²) in [5.41, 5.74) is 5.17. The van der Waals surface area contributed by atoms with Crippen LogP contribution in [-0.4, -0.2) is 17.9 Å². The van der Waals surface area contributed by atoms with Crippen molar-refractivity contribution in [1.82, 2.24) is 5.32 Å². The van der Waals surface area contributed by atoms with Crippen LogP contribution in [0, 0.1) is 11.6 Å². The van der Waals surface area contributed by atoms with E-state index < -0.39 is 29.5 Å². The van der Waals surface area contributed by atoms with Crippen LogP contribution in [0.3, 0.4) is 0 Å². The van der Waals surface area contributed by atoms with E-state index in [1.165, 1.54) is 6.07 Å². The van der Waals surface area contributed by atoms with Crippen LogP contribution in [-0.2, 0) is 16.0 Å². The largest absolute Gasteiger partial charge is 0.368 e. The summed E-state index contributed by atoms with van der Waals surface area (Å²) in [5, 5.41) is 2.37. The molecule has 0 saturated heterocycles. The molecule has 1 atom stereocenters. The Hall–Kier alpha value is -1.76. The molecule has 1 aromatic carbocycles. The lowest BCUT2D eigenvalue weighted by atomic mass is 10.1. The number of rotatable bonds is 6. The van der Waals surface area contributed by atoms with Crippen molar-refractivity contribution in [3.05, 3.63) is 46.5 Å². The number of amides is 2. The summed E-state index contributed by atoms with van der Waals surface area (Å²) >= 11 is 3.06. The molecule has 4 nitrogen and oxygen atoms in total. The summed E-state index contributed by atoms with van der Waals surface area (Å²) in [7, 11) is 0. The first-order valence-electron chi connectivity index (χ1n) is 5.65. The van der Waals surface area contributed by atoms with E-state index in [2.05, 4.69) is 27.8 Å². The molecular weight excluding hydrogens is 334 g/mol. The van der Waals surface area contributed by atoms with Crippen molar-refractivity contribution in [1.29, 1.82) is 0 Å². The molecule has 0 aliphatic carbocycles. The van der Waals surface area contributed by atoms with Gasteiger partial charge in [0.15, 0.2) is 0 Å². The molecule has 1 aromatic rings. The van der Waals surface area contributed by atoms with Gasteiger partial charge in [0, 0.05) is 12.5 Å². The maximum Gasteiger partial charge on any atom is 0.240 e. The molecule has 0 unspecified atom stereocenters. The Morgan fingerprint density at radius 1 is 1.40 bits per heavy atom. The molecule has 0 radical (unpaired) electrons. The van der Waals surface area contributed by atoms with Crippen LogP contribution in [0.5, 0.6) is 0 Å². The molecule has 0 spiro atoms. The lowest BCUT2D eigenvalue weighted by Crippen LogP contribution is -2.45. The first-order chi connectivity index (χ1) is 9.29.